The van der Waals surface area contributed by atoms with Crippen LogP contribution in [0.2, 0.25) is 0 Å². The zero-order valence-corrected chi connectivity index (χ0v) is 10.4. The van der Waals surface area contributed by atoms with Crippen LogP contribution in [0.1, 0.15) is 10.4 Å². The highest BCUT2D eigenvalue weighted by molar-refractivity contribution is 7.90. The van der Waals surface area contributed by atoms with E-state index in [0.29, 0.717) is 0 Å². The van der Waals surface area contributed by atoms with Crippen LogP contribution >= 0.6 is 0 Å². The lowest BCUT2D eigenvalue weighted by Crippen LogP contribution is -2.37. The molecule has 1 aromatic rings. The molecule has 0 saturated heterocycles. The van der Waals surface area contributed by atoms with E-state index in [1.54, 1.807) is 4.72 Å². The van der Waals surface area contributed by atoms with Gasteiger partial charge in [0.2, 0.25) is 0 Å². The highest BCUT2D eigenvalue weighted by Crippen LogP contribution is 2.22. The Hall–Kier alpha value is -2.01. The smallest absolute Gasteiger partial charge is 0.402 e. The summed E-state index contributed by atoms with van der Waals surface area (Å²) in [4.78, 5) is 10.8. The predicted octanol–water partition coefficient (Wildman–Crippen LogP) is 0.899. The van der Waals surface area contributed by atoms with Crippen LogP contribution in [-0.2, 0) is 10.2 Å². The number of phenols is 1. The third kappa shape index (κ3) is 4.93. The molecule has 0 aliphatic rings. The molecule has 0 amide bonds. The lowest BCUT2D eigenvalue weighted by Gasteiger charge is -2.12. The topological polar surface area (TPSA) is 116 Å². The quantitative estimate of drug-likeness (QED) is 0.603. The number of carboxylic acids is 1. The fourth-order valence-electron chi connectivity index (χ4n) is 1.16. The van der Waals surface area contributed by atoms with Gasteiger partial charge in [-0.05, 0) is 18.2 Å². The highest BCUT2D eigenvalue weighted by Gasteiger charge is 2.29. The molecule has 0 aliphatic heterocycles. The maximum Gasteiger partial charge on any atom is 0.402 e. The summed E-state index contributed by atoms with van der Waals surface area (Å²) in [5, 5.41) is 17.9. The maximum absolute atomic E-state index is 11.9. The molecule has 0 saturated carbocycles. The molecule has 4 N–H and O–H groups in total. The van der Waals surface area contributed by atoms with Gasteiger partial charge in [0.1, 0.15) is 12.3 Å². The minimum absolute atomic E-state index is 0.436. The normalized spacial score (nSPS) is 12.2. The molecule has 20 heavy (non-hydrogen) atoms. The van der Waals surface area contributed by atoms with Crippen molar-refractivity contribution in [1.29, 1.82) is 0 Å². The molecule has 0 aromatic heterocycles. The Morgan fingerprint density at radius 2 is 1.90 bits per heavy atom. The number of alkyl halides is 3. The van der Waals surface area contributed by atoms with Crippen molar-refractivity contribution in [3.8, 4) is 5.75 Å². The Labute approximate surface area is 111 Å². The summed E-state index contributed by atoms with van der Waals surface area (Å²) in [7, 11) is -4.60. The van der Waals surface area contributed by atoms with E-state index in [9.17, 15) is 26.4 Å². The summed E-state index contributed by atoms with van der Waals surface area (Å²) in [5.74, 6) is -2.00. The van der Waals surface area contributed by atoms with Gasteiger partial charge in [0, 0.05) is 0 Å². The fourth-order valence-corrected chi connectivity index (χ4v) is 2.05. The molecule has 0 aliphatic carbocycles. The van der Waals surface area contributed by atoms with Gasteiger partial charge in [0.15, 0.2) is 0 Å². The molecule has 0 radical (unpaired) electrons. The van der Waals surface area contributed by atoms with Crippen molar-refractivity contribution in [2.45, 2.75) is 6.18 Å². The monoisotopic (exact) mass is 314 g/mol. The molecule has 7 nitrogen and oxygen atoms in total. The molecule has 0 unspecified atom stereocenters. The largest absolute Gasteiger partial charge is 0.508 e. The maximum atomic E-state index is 11.9. The van der Waals surface area contributed by atoms with Gasteiger partial charge in [-0.2, -0.15) is 26.3 Å². The van der Waals surface area contributed by atoms with Gasteiger partial charge in [-0.3, -0.25) is 4.72 Å². The van der Waals surface area contributed by atoms with Crippen molar-refractivity contribution < 1.29 is 36.6 Å². The number of hydrogen-bond acceptors (Lipinski definition) is 4. The number of benzene rings is 1. The molecule has 0 heterocycles. The van der Waals surface area contributed by atoms with E-state index in [-0.39, 0.29) is 0 Å². The molecule has 0 bridgehead atoms. The summed E-state index contributed by atoms with van der Waals surface area (Å²) < 4.78 is 61.2. The molecule has 0 atom stereocenters. The summed E-state index contributed by atoms with van der Waals surface area (Å²) in [6.45, 7) is -1.80. The van der Waals surface area contributed by atoms with Crippen LogP contribution in [0.3, 0.4) is 0 Å². The van der Waals surface area contributed by atoms with E-state index in [0.717, 1.165) is 18.2 Å². The Bertz CT molecular complexity index is 614. The standard InChI is InChI=1S/C9H9F3N2O5S/c10-9(11,12)4-13-20(18,19)14-7-2-1-5(15)3-6(7)8(16)17/h1-3,13-15H,4H2,(H,16,17). The molecule has 11 heteroatoms. The Morgan fingerprint density at radius 1 is 1.30 bits per heavy atom. The van der Waals surface area contributed by atoms with Crippen molar-refractivity contribution >= 4 is 21.9 Å². The second-order valence-electron chi connectivity index (χ2n) is 3.58. The zero-order valence-electron chi connectivity index (χ0n) is 9.60. The Morgan fingerprint density at radius 3 is 2.40 bits per heavy atom. The predicted molar refractivity (Wildman–Crippen MR) is 61.7 cm³/mol. The summed E-state index contributed by atoms with van der Waals surface area (Å²) in [6, 6.07) is 2.64. The second kappa shape index (κ2) is 5.54. The van der Waals surface area contributed by atoms with Crippen molar-refractivity contribution in [2.75, 3.05) is 11.3 Å². The van der Waals surface area contributed by atoms with E-state index in [4.69, 9.17) is 10.2 Å². The zero-order chi connectivity index (χ0) is 15.6. The first-order valence-electron chi connectivity index (χ1n) is 4.91. The lowest BCUT2D eigenvalue weighted by molar-refractivity contribution is -0.121. The first kappa shape index (κ1) is 16.0. The molecular weight excluding hydrogens is 305 g/mol. The van der Waals surface area contributed by atoms with Crippen molar-refractivity contribution in [1.82, 2.24) is 4.72 Å². The van der Waals surface area contributed by atoms with Gasteiger partial charge in [0.05, 0.1) is 11.3 Å². The number of anilines is 1. The molecule has 112 valence electrons. The van der Waals surface area contributed by atoms with Crippen molar-refractivity contribution in [3.63, 3.8) is 0 Å². The van der Waals surface area contributed by atoms with Gasteiger partial charge in [-0.15, -0.1) is 0 Å². The molecule has 1 rings (SSSR count). The second-order valence-corrected chi connectivity index (χ2v) is 5.08. The number of carboxylic acid groups (broad SMARTS) is 1. The van der Waals surface area contributed by atoms with Gasteiger partial charge in [-0.1, -0.05) is 0 Å². The molecular formula is C9H9F3N2O5S. The van der Waals surface area contributed by atoms with Crippen LogP contribution in [0, 0.1) is 0 Å². The summed E-state index contributed by atoms with van der Waals surface area (Å²) in [6.07, 6.45) is -4.75. The van der Waals surface area contributed by atoms with E-state index in [1.807, 2.05) is 0 Å². The van der Waals surface area contributed by atoms with Gasteiger partial charge in [-0.25, -0.2) is 4.79 Å². The summed E-state index contributed by atoms with van der Waals surface area (Å²) in [5.41, 5.74) is -1.09. The number of halogens is 3. The van der Waals surface area contributed by atoms with Crippen LogP contribution in [-0.4, -0.2) is 37.3 Å². The number of carbonyl (C=O) groups is 1. The van der Waals surface area contributed by atoms with Crippen molar-refractivity contribution in [3.05, 3.63) is 23.8 Å². The lowest BCUT2D eigenvalue weighted by atomic mass is 10.2. The van der Waals surface area contributed by atoms with Crippen LogP contribution in [0.4, 0.5) is 18.9 Å². The van der Waals surface area contributed by atoms with E-state index < -0.39 is 45.9 Å². The number of hydrogen-bond donors (Lipinski definition) is 4. The highest BCUT2D eigenvalue weighted by atomic mass is 32.2. The number of aromatic carboxylic acids is 1. The van der Waals surface area contributed by atoms with E-state index in [2.05, 4.69) is 0 Å². The molecule has 0 spiro atoms. The third-order valence-corrected chi connectivity index (χ3v) is 2.95. The number of aromatic hydroxyl groups is 1. The minimum atomic E-state index is -4.75. The average Bonchev–Trinajstić information content (AvgIpc) is 2.28. The van der Waals surface area contributed by atoms with E-state index >= 15 is 0 Å². The minimum Gasteiger partial charge on any atom is -0.508 e. The number of rotatable bonds is 5. The number of phenolic OH excluding ortho intramolecular Hbond substituents is 1. The van der Waals surface area contributed by atoms with Gasteiger partial charge < -0.3 is 10.2 Å². The van der Waals surface area contributed by atoms with Crippen LogP contribution in [0.25, 0.3) is 0 Å². The fraction of sp³-hybridized carbons (Fsp3) is 0.222. The Kier molecular flexibility index (Phi) is 4.45. The SMILES string of the molecule is O=C(O)c1cc(O)ccc1NS(=O)(=O)NCC(F)(F)F. The van der Waals surface area contributed by atoms with Crippen LogP contribution < -0.4 is 9.44 Å². The number of nitrogens with one attached hydrogen (secondary N) is 2. The Balaban J connectivity index is 2.95. The molecule has 1 aromatic carbocycles. The van der Waals surface area contributed by atoms with Gasteiger partial charge >= 0.3 is 12.1 Å². The van der Waals surface area contributed by atoms with Gasteiger partial charge in [0.25, 0.3) is 10.2 Å². The third-order valence-electron chi connectivity index (χ3n) is 1.94. The van der Waals surface area contributed by atoms with E-state index in [1.165, 1.54) is 4.72 Å². The van der Waals surface area contributed by atoms with Crippen LogP contribution in [0.15, 0.2) is 18.2 Å². The molecule has 0 fully saturated rings. The first-order chi connectivity index (χ1) is 9.00. The van der Waals surface area contributed by atoms with Crippen LogP contribution in [0.5, 0.6) is 5.75 Å². The van der Waals surface area contributed by atoms with Crippen molar-refractivity contribution in [2.24, 2.45) is 0 Å². The average molecular weight is 314 g/mol. The summed E-state index contributed by atoms with van der Waals surface area (Å²) >= 11 is 0. The first-order valence-corrected chi connectivity index (χ1v) is 6.39.